The minimum absolute atomic E-state index is 0.122. The first-order chi connectivity index (χ1) is 15.8. The smallest absolute Gasteiger partial charge is 0.262 e. The van der Waals surface area contributed by atoms with Gasteiger partial charge < -0.3 is 14.8 Å². The van der Waals surface area contributed by atoms with E-state index < -0.39 is 11.9 Å². The third kappa shape index (κ3) is 7.89. The van der Waals surface area contributed by atoms with Crippen molar-refractivity contribution in [3.8, 4) is 11.5 Å². The molecule has 0 aliphatic heterocycles. The molecule has 0 bridgehead atoms. The Morgan fingerprint density at radius 2 is 1.88 bits per heavy atom. The number of hydrogen-bond acceptors (Lipinski definition) is 5. The Balaban J connectivity index is 2.05. The van der Waals surface area contributed by atoms with E-state index in [2.05, 4.69) is 38.7 Å². The fourth-order valence-electron chi connectivity index (χ4n) is 2.98. The number of unbranched alkanes of at least 4 members (excludes halogenated alkanes) is 1. The van der Waals surface area contributed by atoms with E-state index in [1.165, 1.54) is 6.21 Å². The second kappa shape index (κ2) is 13.0. The van der Waals surface area contributed by atoms with Gasteiger partial charge >= 0.3 is 0 Å². The lowest BCUT2D eigenvalue weighted by Crippen LogP contribution is -2.48. The van der Waals surface area contributed by atoms with E-state index in [1.807, 2.05) is 39.0 Å². The normalized spacial score (nSPS) is 12.0. The molecule has 1 unspecified atom stereocenters. The summed E-state index contributed by atoms with van der Waals surface area (Å²) in [6.07, 6.45) is 3.50. The van der Waals surface area contributed by atoms with E-state index in [4.69, 9.17) is 9.47 Å². The summed E-state index contributed by atoms with van der Waals surface area (Å²) in [6.45, 7) is 8.37. The van der Waals surface area contributed by atoms with Gasteiger partial charge in [-0.2, -0.15) is 5.10 Å². The molecule has 0 aliphatic carbocycles. The molecule has 1 atom stereocenters. The highest BCUT2D eigenvalue weighted by Gasteiger charge is 2.24. The molecular formula is C25H32BrN3O4. The highest BCUT2D eigenvalue weighted by Crippen LogP contribution is 2.36. The van der Waals surface area contributed by atoms with Crippen molar-refractivity contribution >= 4 is 34.0 Å². The maximum atomic E-state index is 12.7. The van der Waals surface area contributed by atoms with E-state index in [0.29, 0.717) is 29.2 Å². The summed E-state index contributed by atoms with van der Waals surface area (Å²) in [6, 6.07) is 10.1. The van der Waals surface area contributed by atoms with Crippen molar-refractivity contribution < 1.29 is 19.1 Å². The Morgan fingerprint density at radius 3 is 2.48 bits per heavy atom. The summed E-state index contributed by atoms with van der Waals surface area (Å²) < 4.78 is 12.0. The molecule has 7 nitrogen and oxygen atoms in total. The van der Waals surface area contributed by atoms with Crippen molar-refractivity contribution in [3.63, 3.8) is 0 Å². The van der Waals surface area contributed by atoms with Crippen molar-refractivity contribution in [2.45, 2.75) is 46.6 Å². The molecule has 0 heterocycles. The van der Waals surface area contributed by atoms with Crippen LogP contribution in [0.3, 0.4) is 0 Å². The predicted octanol–water partition coefficient (Wildman–Crippen LogP) is 4.85. The fourth-order valence-corrected chi connectivity index (χ4v) is 3.55. The number of carbonyl (C=O) groups is 2. The van der Waals surface area contributed by atoms with Gasteiger partial charge in [-0.15, -0.1) is 0 Å². The highest BCUT2D eigenvalue weighted by atomic mass is 79.9. The Kier molecular flexibility index (Phi) is 10.4. The van der Waals surface area contributed by atoms with Gasteiger partial charge in [-0.25, -0.2) is 5.43 Å². The zero-order valence-corrected chi connectivity index (χ0v) is 21.4. The molecule has 33 heavy (non-hydrogen) atoms. The Bertz CT molecular complexity index is 974. The second-order valence-corrected chi connectivity index (χ2v) is 8.89. The molecule has 2 rings (SSSR count). The Labute approximate surface area is 204 Å². The number of hydrogen-bond donors (Lipinski definition) is 2. The first kappa shape index (κ1) is 26.4. The van der Waals surface area contributed by atoms with Crippen LogP contribution in [-0.4, -0.2) is 37.8 Å². The van der Waals surface area contributed by atoms with Gasteiger partial charge in [0.1, 0.15) is 6.04 Å². The number of amides is 2. The average Bonchev–Trinajstić information content (AvgIpc) is 2.78. The van der Waals surface area contributed by atoms with E-state index in [1.54, 1.807) is 25.3 Å². The lowest BCUT2D eigenvalue weighted by Gasteiger charge is -2.20. The van der Waals surface area contributed by atoms with Crippen LogP contribution in [0.4, 0.5) is 0 Å². The van der Waals surface area contributed by atoms with Crippen LogP contribution in [0.2, 0.25) is 0 Å². The third-order valence-electron chi connectivity index (χ3n) is 4.93. The first-order valence-electron chi connectivity index (χ1n) is 11.0. The summed E-state index contributed by atoms with van der Waals surface area (Å²) in [5.41, 5.74) is 4.79. The van der Waals surface area contributed by atoms with Crippen LogP contribution in [0, 0.1) is 12.8 Å². The zero-order chi connectivity index (χ0) is 24.4. The third-order valence-corrected chi connectivity index (χ3v) is 5.52. The minimum Gasteiger partial charge on any atom is -0.493 e. The van der Waals surface area contributed by atoms with E-state index in [-0.39, 0.29) is 11.8 Å². The van der Waals surface area contributed by atoms with E-state index in [9.17, 15) is 9.59 Å². The molecule has 8 heteroatoms. The molecule has 0 spiro atoms. The van der Waals surface area contributed by atoms with Crippen molar-refractivity contribution in [1.82, 2.24) is 10.7 Å². The van der Waals surface area contributed by atoms with Gasteiger partial charge in [0.25, 0.3) is 11.8 Å². The zero-order valence-electron chi connectivity index (χ0n) is 19.8. The van der Waals surface area contributed by atoms with E-state index in [0.717, 1.165) is 22.9 Å². The van der Waals surface area contributed by atoms with Crippen LogP contribution in [0.5, 0.6) is 11.5 Å². The summed E-state index contributed by atoms with van der Waals surface area (Å²) in [5, 5.41) is 6.86. The van der Waals surface area contributed by atoms with Gasteiger partial charge in [0, 0.05) is 5.56 Å². The van der Waals surface area contributed by atoms with Crippen LogP contribution in [0.25, 0.3) is 0 Å². The van der Waals surface area contributed by atoms with Crippen LogP contribution >= 0.6 is 15.9 Å². The van der Waals surface area contributed by atoms with Crippen molar-refractivity contribution in [2.75, 3.05) is 13.7 Å². The summed E-state index contributed by atoms with van der Waals surface area (Å²) in [4.78, 5) is 25.2. The average molecular weight is 518 g/mol. The van der Waals surface area contributed by atoms with Crippen molar-refractivity contribution in [2.24, 2.45) is 11.0 Å². The molecule has 2 aromatic rings. The van der Waals surface area contributed by atoms with Gasteiger partial charge in [-0.3, -0.25) is 9.59 Å². The monoisotopic (exact) mass is 517 g/mol. The molecule has 0 radical (unpaired) electrons. The lowest BCUT2D eigenvalue weighted by atomic mass is 10.0. The molecule has 2 N–H and O–H groups in total. The maximum absolute atomic E-state index is 12.7. The number of aryl methyl sites for hydroxylation is 1. The standard InChI is InChI=1S/C25H32BrN3O4/c1-6-7-12-33-23-20(26)13-18(14-21(23)32-5)15-27-29-25(31)22(16(2)3)28-24(30)19-10-8-17(4)9-11-19/h8-11,13-16,22H,6-7,12H2,1-5H3,(H,28,30)(H,29,31)/b27-15-. The SMILES string of the molecule is CCCCOc1c(Br)cc(/C=N\NC(=O)C(NC(=O)c2ccc(C)cc2)C(C)C)cc1OC. The summed E-state index contributed by atoms with van der Waals surface area (Å²) >= 11 is 3.51. The molecule has 0 saturated carbocycles. The maximum Gasteiger partial charge on any atom is 0.262 e. The number of carbonyl (C=O) groups excluding carboxylic acids is 2. The summed E-state index contributed by atoms with van der Waals surface area (Å²) in [7, 11) is 1.57. The second-order valence-electron chi connectivity index (χ2n) is 8.03. The molecule has 0 aliphatic rings. The predicted molar refractivity (Wildman–Crippen MR) is 134 cm³/mol. The van der Waals surface area contributed by atoms with Gasteiger partial charge in [-0.1, -0.05) is 44.9 Å². The molecular weight excluding hydrogens is 486 g/mol. The van der Waals surface area contributed by atoms with Crippen LogP contribution in [0.1, 0.15) is 55.1 Å². The number of benzene rings is 2. The highest BCUT2D eigenvalue weighted by molar-refractivity contribution is 9.10. The molecule has 2 amide bonds. The number of rotatable bonds is 11. The number of hydrazone groups is 1. The van der Waals surface area contributed by atoms with Gasteiger partial charge in [0.2, 0.25) is 0 Å². The molecule has 0 aromatic heterocycles. The topological polar surface area (TPSA) is 89.0 Å². The quantitative estimate of drug-likeness (QED) is 0.253. The minimum atomic E-state index is -0.730. The first-order valence-corrected chi connectivity index (χ1v) is 11.8. The summed E-state index contributed by atoms with van der Waals surface area (Å²) in [5.74, 6) is 0.375. The van der Waals surface area contributed by atoms with Crippen molar-refractivity contribution in [1.29, 1.82) is 0 Å². The Hall–Kier alpha value is -2.87. The van der Waals surface area contributed by atoms with Crippen LogP contribution in [0.15, 0.2) is 46.0 Å². The van der Waals surface area contributed by atoms with E-state index >= 15 is 0 Å². The number of nitrogens with zero attached hydrogens (tertiary/aromatic N) is 1. The Morgan fingerprint density at radius 1 is 1.18 bits per heavy atom. The fraction of sp³-hybridized carbons (Fsp3) is 0.400. The van der Waals surface area contributed by atoms with Crippen molar-refractivity contribution in [3.05, 3.63) is 57.6 Å². The molecule has 2 aromatic carbocycles. The van der Waals surface area contributed by atoms with Gasteiger partial charge in [0.15, 0.2) is 11.5 Å². The largest absolute Gasteiger partial charge is 0.493 e. The number of methoxy groups -OCH3 is 1. The number of halogens is 1. The van der Waals surface area contributed by atoms with Crippen LogP contribution < -0.4 is 20.2 Å². The molecule has 0 fully saturated rings. The van der Waals surface area contributed by atoms with Gasteiger partial charge in [-0.05, 0) is 65.0 Å². The van der Waals surface area contributed by atoms with Crippen LogP contribution in [-0.2, 0) is 4.79 Å². The lowest BCUT2D eigenvalue weighted by molar-refractivity contribution is -0.123. The molecule has 0 saturated heterocycles. The number of nitrogens with one attached hydrogen (secondary N) is 2. The number of ether oxygens (including phenoxy) is 2. The molecule has 178 valence electrons. The van der Waals surface area contributed by atoms with Gasteiger partial charge in [0.05, 0.1) is 24.4 Å².